The summed E-state index contributed by atoms with van der Waals surface area (Å²) < 4.78 is 5.11. The van der Waals surface area contributed by atoms with Gasteiger partial charge in [-0.2, -0.15) is 0 Å². The molecule has 1 heterocycles. The molecule has 1 atom stereocenters. The number of aromatic nitrogens is 1. The van der Waals surface area contributed by atoms with E-state index in [4.69, 9.17) is 16.3 Å². The van der Waals surface area contributed by atoms with E-state index in [0.29, 0.717) is 6.04 Å². The zero-order valence-corrected chi connectivity index (χ0v) is 12.0. The average Bonchev–Trinajstić information content (AvgIpc) is 2.38. The second-order valence-corrected chi connectivity index (χ2v) is 4.86. The first-order valence-electron chi connectivity index (χ1n) is 6.58. The number of hydrogen-bond donors (Lipinski definition) is 1. The monoisotopic (exact) mass is 270 g/mol. The van der Waals surface area contributed by atoms with Crippen molar-refractivity contribution in [3.05, 3.63) is 29.0 Å². The number of nitrogens with one attached hydrogen (secondary N) is 1. The van der Waals surface area contributed by atoms with Gasteiger partial charge in [0.1, 0.15) is 0 Å². The highest BCUT2D eigenvalue weighted by Gasteiger charge is 2.10. The molecule has 0 aliphatic carbocycles. The van der Waals surface area contributed by atoms with Gasteiger partial charge in [0.05, 0.1) is 5.02 Å². The maximum atomic E-state index is 6.15. The van der Waals surface area contributed by atoms with Gasteiger partial charge in [0.25, 0.3) is 0 Å². The lowest BCUT2D eigenvalue weighted by Crippen LogP contribution is -2.32. The summed E-state index contributed by atoms with van der Waals surface area (Å²) in [5, 5.41) is 4.33. The molecule has 1 rings (SSSR count). The van der Waals surface area contributed by atoms with Crippen LogP contribution in [0, 0.1) is 0 Å². The SMILES string of the molecule is CCCNC(CCCOC)Cc1ccncc1Cl. The molecule has 0 bridgehead atoms. The normalized spacial score (nSPS) is 12.6. The van der Waals surface area contributed by atoms with Crippen LogP contribution in [-0.2, 0) is 11.2 Å². The molecular formula is C14H23ClN2O. The van der Waals surface area contributed by atoms with Crippen molar-refractivity contribution in [1.29, 1.82) is 0 Å². The van der Waals surface area contributed by atoms with Gasteiger partial charge in [0, 0.05) is 32.2 Å². The summed E-state index contributed by atoms with van der Waals surface area (Å²) in [7, 11) is 1.74. The smallest absolute Gasteiger partial charge is 0.0621 e. The van der Waals surface area contributed by atoms with E-state index in [1.165, 1.54) is 0 Å². The molecule has 0 spiro atoms. The van der Waals surface area contributed by atoms with Crippen molar-refractivity contribution in [1.82, 2.24) is 10.3 Å². The van der Waals surface area contributed by atoms with E-state index in [-0.39, 0.29) is 0 Å². The third-order valence-electron chi connectivity index (χ3n) is 2.91. The van der Waals surface area contributed by atoms with Gasteiger partial charge < -0.3 is 10.1 Å². The van der Waals surface area contributed by atoms with E-state index >= 15 is 0 Å². The molecular weight excluding hydrogens is 248 g/mol. The largest absolute Gasteiger partial charge is 0.385 e. The number of pyridine rings is 1. The number of hydrogen-bond acceptors (Lipinski definition) is 3. The van der Waals surface area contributed by atoms with Crippen molar-refractivity contribution in [2.75, 3.05) is 20.3 Å². The van der Waals surface area contributed by atoms with Crippen LogP contribution < -0.4 is 5.32 Å². The second kappa shape index (κ2) is 9.31. The van der Waals surface area contributed by atoms with E-state index in [1.807, 2.05) is 6.07 Å². The van der Waals surface area contributed by atoms with Crippen molar-refractivity contribution in [2.24, 2.45) is 0 Å². The molecule has 0 saturated carbocycles. The van der Waals surface area contributed by atoms with Crippen molar-refractivity contribution in [3.63, 3.8) is 0 Å². The molecule has 1 N–H and O–H groups in total. The lowest BCUT2D eigenvalue weighted by Gasteiger charge is -2.19. The molecule has 3 nitrogen and oxygen atoms in total. The van der Waals surface area contributed by atoms with Gasteiger partial charge in [-0.25, -0.2) is 0 Å². The third-order valence-corrected chi connectivity index (χ3v) is 3.25. The standard InChI is InChI=1S/C14H23ClN2O/c1-3-7-17-13(5-4-9-18-2)10-12-6-8-16-11-14(12)15/h6,8,11,13,17H,3-5,7,9-10H2,1-2H3. The fraction of sp³-hybridized carbons (Fsp3) is 0.643. The number of methoxy groups -OCH3 is 1. The van der Waals surface area contributed by atoms with E-state index in [1.54, 1.807) is 19.5 Å². The fourth-order valence-corrected chi connectivity index (χ4v) is 2.13. The molecule has 18 heavy (non-hydrogen) atoms. The number of rotatable bonds is 9. The zero-order chi connectivity index (χ0) is 13.2. The summed E-state index contributed by atoms with van der Waals surface area (Å²) in [4.78, 5) is 4.02. The highest BCUT2D eigenvalue weighted by atomic mass is 35.5. The highest BCUT2D eigenvalue weighted by molar-refractivity contribution is 6.31. The number of ether oxygens (including phenoxy) is 1. The van der Waals surface area contributed by atoms with Crippen LogP contribution in [0.4, 0.5) is 0 Å². The van der Waals surface area contributed by atoms with Gasteiger partial charge in [0.15, 0.2) is 0 Å². The Morgan fingerprint density at radius 2 is 2.33 bits per heavy atom. The maximum absolute atomic E-state index is 6.15. The van der Waals surface area contributed by atoms with Crippen LogP contribution in [0.1, 0.15) is 31.7 Å². The zero-order valence-electron chi connectivity index (χ0n) is 11.3. The van der Waals surface area contributed by atoms with Crippen molar-refractivity contribution >= 4 is 11.6 Å². The predicted molar refractivity (Wildman–Crippen MR) is 76.1 cm³/mol. The summed E-state index contributed by atoms with van der Waals surface area (Å²) >= 11 is 6.15. The molecule has 102 valence electrons. The molecule has 1 aromatic rings. The number of halogens is 1. The van der Waals surface area contributed by atoms with Crippen LogP contribution >= 0.6 is 11.6 Å². The quantitative estimate of drug-likeness (QED) is 0.701. The Hall–Kier alpha value is -0.640. The maximum Gasteiger partial charge on any atom is 0.0621 e. The van der Waals surface area contributed by atoms with Gasteiger partial charge >= 0.3 is 0 Å². The van der Waals surface area contributed by atoms with Crippen LogP contribution in [0.15, 0.2) is 18.5 Å². The highest BCUT2D eigenvalue weighted by Crippen LogP contribution is 2.16. The molecule has 0 aliphatic rings. The minimum absolute atomic E-state index is 0.458. The summed E-state index contributed by atoms with van der Waals surface area (Å²) in [6.45, 7) is 4.04. The van der Waals surface area contributed by atoms with Crippen LogP contribution in [0.2, 0.25) is 5.02 Å². The van der Waals surface area contributed by atoms with Gasteiger partial charge in [-0.05, 0) is 43.9 Å². The molecule has 0 fully saturated rings. The van der Waals surface area contributed by atoms with E-state index in [2.05, 4.69) is 17.2 Å². The van der Waals surface area contributed by atoms with E-state index in [9.17, 15) is 0 Å². The van der Waals surface area contributed by atoms with Crippen molar-refractivity contribution in [2.45, 2.75) is 38.6 Å². The first-order valence-corrected chi connectivity index (χ1v) is 6.96. The Labute approximate surface area is 115 Å². The van der Waals surface area contributed by atoms with Crippen LogP contribution in [0.5, 0.6) is 0 Å². The Morgan fingerprint density at radius 1 is 1.50 bits per heavy atom. The molecule has 0 aliphatic heterocycles. The van der Waals surface area contributed by atoms with Gasteiger partial charge in [-0.15, -0.1) is 0 Å². The second-order valence-electron chi connectivity index (χ2n) is 4.46. The Bertz CT molecular complexity index is 333. The summed E-state index contributed by atoms with van der Waals surface area (Å²) in [5.74, 6) is 0. The average molecular weight is 271 g/mol. The summed E-state index contributed by atoms with van der Waals surface area (Å²) in [6, 6.07) is 2.46. The minimum atomic E-state index is 0.458. The topological polar surface area (TPSA) is 34.1 Å². The molecule has 4 heteroatoms. The lowest BCUT2D eigenvalue weighted by molar-refractivity contribution is 0.188. The minimum Gasteiger partial charge on any atom is -0.385 e. The van der Waals surface area contributed by atoms with Gasteiger partial charge in [-0.1, -0.05) is 18.5 Å². The third kappa shape index (κ3) is 5.80. The van der Waals surface area contributed by atoms with Crippen LogP contribution in [0.3, 0.4) is 0 Å². The van der Waals surface area contributed by atoms with E-state index in [0.717, 1.165) is 49.4 Å². The lowest BCUT2D eigenvalue weighted by atomic mass is 10.0. The van der Waals surface area contributed by atoms with Crippen molar-refractivity contribution in [3.8, 4) is 0 Å². The van der Waals surface area contributed by atoms with Crippen molar-refractivity contribution < 1.29 is 4.74 Å². The molecule has 1 aromatic heterocycles. The molecule has 0 aromatic carbocycles. The Morgan fingerprint density at radius 3 is 3.00 bits per heavy atom. The predicted octanol–water partition coefficient (Wildman–Crippen LogP) is 3.07. The Kier molecular flexibility index (Phi) is 7.98. The Balaban J connectivity index is 2.51. The summed E-state index contributed by atoms with van der Waals surface area (Å²) in [6.07, 6.45) is 7.78. The molecule has 0 radical (unpaired) electrons. The molecule has 0 amide bonds. The van der Waals surface area contributed by atoms with Crippen LogP contribution in [0.25, 0.3) is 0 Å². The van der Waals surface area contributed by atoms with E-state index < -0.39 is 0 Å². The number of nitrogens with zero attached hydrogens (tertiary/aromatic N) is 1. The van der Waals surface area contributed by atoms with Gasteiger partial charge in [0.2, 0.25) is 0 Å². The fourth-order valence-electron chi connectivity index (χ4n) is 1.93. The van der Waals surface area contributed by atoms with Crippen LogP contribution in [-0.4, -0.2) is 31.3 Å². The first-order chi connectivity index (χ1) is 8.77. The summed E-state index contributed by atoms with van der Waals surface area (Å²) in [5.41, 5.74) is 1.16. The molecule has 0 saturated heterocycles. The van der Waals surface area contributed by atoms with Gasteiger partial charge in [-0.3, -0.25) is 4.98 Å². The first kappa shape index (κ1) is 15.4. The molecule has 1 unspecified atom stereocenters.